The summed E-state index contributed by atoms with van der Waals surface area (Å²) in [5.74, 6) is -0.393. The Labute approximate surface area is 203 Å². The fraction of sp³-hybridized carbons (Fsp3) is 0.667. The van der Waals surface area contributed by atoms with E-state index in [9.17, 15) is 14.4 Å². The molecule has 1 saturated heterocycles. The minimum atomic E-state index is -0.354. The number of nitrogens with zero attached hydrogens (tertiary/aromatic N) is 3. The normalized spacial score (nSPS) is 17.5. The number of unbranched alkanes of at least 4 members (excludes halogenated alkanes) is 3. The maximum atomic E-state index is 13.6. The number of thiophene rings is 1. The van der Waals surface area contributed by atoms with Gasteiger partial charge in [-0.3, -0.25) is 19.0 Å². The second-order valence-corrected chi connectivity index (χ2v) is 11.6. The number of likely N-dealkylation sites (tertiary alicyclic amines) is 1. The highest BCUT2D eigenvalue weighted by Gasteiger charge is 2.30. The van der Waals surface area contributed by atoms with E-state index in [1.165, 1.54) is 22.2 Å². The molecule has 2 aromatic heterocycles. The number of amides is 2. The SMILES string of the molecule is CCCCCCn1c(SC(C)C(=O)N2CCC(C(N)=O)CC2)nc2sc3c(c2c1=O)CCC3. The van der Waals surface area contributed by atoms with Crippen LogP contribution in [0.15, 0.2) is 9.95 Å². The van der Waals surface area contributed by atoms with E-state index in [1.54, 1.807) is 11.3 Å². The number of nitrogens with two attached hydrogens (primary N) is 1. The number of rotatable bonds is 9. The van der Waals surface area contributed by atoms with Crippen molar-refractivity contribution >= 4 is 45.1 Å². The molecule has 1 aliphatic heterocycles. The Kier molecular flexibility index (Phi) is 7.79. The van der Waals surface area contributed by atoms with Crippen molar-refractivity contribution in [2.24, 2.45) is 11.7 Å². The van der Waals surface area contributed by atoms with Crippen LogP contribution >= 0.6 is 23.1 Å². The lowest BCUT2D eigenvalue weighted by molar-refractivity contribution is -0.134. The molecular formula is C24H34N4O3S2. The zero-order valence-corrected chi connectivity index (χ0v) is 21.2. The lowest BCUT2D eigenvalue weighted by Gasteiger charge is -2.32. The number of piperidine rings is 1. The van der Waals surface area contributed by atoms with Crippen molar-refractivity contribution in [3.05, 3.63) is 20.8 Å². The molecule has 2 N–H and O–H groups in total. The number of primary amides is 1. The molecule has 0 saturated carbocycles. The van der Waals surface area contributed by atoms with Gasteiger partial charge in [0.25, 0.3) is 5.56 Å². The van der Waals surface area contributed by atoms with Crippen molar-refractivity contribution in [3.63, 3.8) is 0 Å². The van der Waals surface area contributed by atoms with Gasteiger partial charge in [0.05, 0.1) is 10.6 Å². The van der Waals surface area contributed by atoms with Crippen LogP contribution in [0.3, 0.4) is 0 Å². The molecule has 180 valence electrons. The van der Waals surface area contributed by atoms with Gasteiger partial charge in [0.1, 0.15) is 4.83 Å². The van der Waals surface area contributed by atoms with E-state index in [0.717, 1.165) is 55.2 Å². The number of fused-ring (bicyclic) bond motifs is 3. The monoisotopic (exact) mass is 490 g/mol. The largest absolute Gasteiger partial charge is 0.369 e. The van der Waals surface area contributed by atoms with E-state index in [0.29, 0.717) is 37.6 Å². The molecule has 33 heavy (non-hydrogen) atoms. The number of hydrogen-bond acceptors (Lipinski definition) is 6. The van der Waals surface area contributed by atoms with E-state index in [2.05, 4.69) is 6.92 Å². The van der Waals surface area contributed by atoms with Crippen molar-refractivity contribution in [3.8, 4) is 0 Å². The molecular weight excluding hydrogens is 456 g/mol. The van der Waals surface area contributed by atoms with E-state index < -0.39 is 0 Å². The summed E-state index contributed by atoms with van der Waals surface area (Å²) in [4.78, 5) is 47.0. The van der Waals surface area contributed by atoms with Crippen LogP contribution in [0.4, 0.5) is 0 Å². The molecule has 0 aromatic carbocycles. The number of thioether (sulfide) groups is 1. The highest BCUT2D eigenvalue weighted by molar-refractivity contribution is 8.00. The molecule has 1 aliphatic carbocycles. The molecule has 2 aliphatic rings. The number of aryl methyl sites for hydroxylation is 2. The first kappa shape index (κ1) is 24.3. The van der Waals surface area contributed by atoms with Crippen molar-refractivity contribution in [2.45, 2.75) is 88.6 Å². The Morgan fingerprint density at radius 1 is 1.21 bits per heavy atom. The number of carbonyl (C=O) groups is 2. The summed E-state index contributed by atoms with van der Waals surface area (Å²) in [6, 6.07) is 0. The molecule has 1 fully saturated rings. The average Bonchev–Trinajstić information content (AvgIpc) is 3.38. The third kappa shape index (κ3) is 5.14. The lowest BCUT2D eigenvalue weighted by Crippen LogP contribution is -2.44. The van der Waals surface area contributed by atoms with Gasteiger partial charge in [-0.15, -0.1) is 11.3 Å². The summed E-state index contributed by atoms with van der Waals surface area (Å²) in [6.07, 6.45) is 8.65. The van der Waals surface area contributed by atoms with Crippen molar-refractivity contribution in [1.29, 1.82) is 0 Å². The molecule has 0 spiro atoms. The predicted octanol–water partition coefficient (Wildman–Crippen LogP) is 3.73. The van der Waals surface area contributed by atoms with Gasteiger partial charge in [0, 0.05) is 30.4 Å². The summed E-state index contributed by atoms with van der Waals surface area (Å²) in [7, 11) is 0. The van der Waals surface area contributed by atoms with Crippen LogP contribution in [-0.4, -0.2) is 44.6 Å². The highest BCUT2D eigenvalue weighted by Crippen LogP contribution is 2.36. The molecule has 3 heterocycles. The van der Waals surface area contributed by atoms with Crippen LogP contribution in [0.1, 0.15) is 69.2 Å². The van der Waals surface area contributed by atoms with Crippen LogP contribution in [-0.2, 0) is 29.0 Å². The van der Waals surface area contributed by atoms with Gasteiger partial charge < -0.3 is 10.6 Å². The number of aromatic nitrogens is 2. The molecule has 2 aromatic rings. The number of hydrogen-bond donors (Lipinski definition) is 1. The smallest absolute Gasteiger partial charge is 0.263 e. The first-order chi connectivity index (χ1) is 15.9. The lowest BCUT2D eigenvalue weighted by atomic mass is 9.96. The highest BCUT2D eigenvalue weighted by atomic mass is 32.2. The van der Waals surface area contributed by atoms with Gasteiger partial charge in [-0.1, -0.05) is 37.9 Å². The second-order valence-electron chi connectivity index (χ2n) is 9.21. The van der Waals surface area contributed by atoms with Gasteiger partial charge in [0.15, 0.2) is 5.16 Å². The Bertz CT molecular complexity index is 1090. The van der Waals surface area contributed by atoms with Gasteiger partial charge in [-0.05, 0) is 51.0 Å². The summed E-state index contributed by atoms with van der Waals surface area (Å²) >= 11 is 3.03. The van der Waals surface area contributed by atoms with Crippen molar-refractivity contribution < 1.29 is 9.59 Å². The molecule has 1 atom stereocenters. The topological polar surface area (TPSA) is 98.3 Å². The Balaban J connectivity index is 1.56. The first-order valence-electron chi connectivity index (χ1n) is 12.2. The first-order valence-corrected chi connectivity index (χ1v) is 13.9. The van der Waals surface area contributed by atoms with Gasteiger partial charge in [0.2, 0.25) is 11.8 Å². The third-order valence-corrected chi connectivity index (χ3v) is 9.13. The quantitative estimate of drug-likeness (QED) is 0.328. The van der Waals surface area contributed by atoms with Gasteiger partial charge >= 0.3 is 0 Å². The maximum Gasteiger partial charge on any atom is 0.263 e. The van der Waals surface area contributed by atoms with Crippen molar-refractivity contribution in [1.82, 2.24) is 14.5 Å². The predicted molar refractivity (Wildman–Crippen MR) is 134 cm³/mol. The Morgan fingerprint density at radius 2 is 1.97 bits per heavy atom. The summed E-state index contributed by atoms with van der Waals surface area (Å²) in [5, 5.41) is 1.10. The van der Waals surface area contributed by atoms with E-state index in [-0.39, 0.29) is 28.5 Å². The molecule has 4 rings (SSSR count). The molecule has 2 amide bonds. The molecule has 1 unspecified atom stereocenters. The summed E-state index contributed by atoms with van der Waals surface area (Å²) < 4.78 is 1.82. The third-order valence-electron chi connectivity index (χ3n) is 6.86. The summed E-state index contributed by atoms with van der Waals surface area (Å²) in [5.41, 5.74) is 6.68. The average molecular weight is 491 g/mol. The molecule has 7 nitrogen and oxygen atoms in total. The molecule has 0 bridgehead atoms. The second kappa shape index (κ2) is 10.6. The minimum Gasteiger partial charge on any atom is -0.369 e. The van der Waals surface area contributed by atoms with Gasteiger partial charge in [-0.25, -0.2) is 4.98 Å². The van der Waals surface area contributed by atoms with Crippen LogP contribution in [0.25, 0.3) is 10.2 Å². The van der Waals surface area contributed by atoms with E-state index in [4.69, 9.17) is 10.7 Å². The minimum absolute atomic E-state index is 0.0310. The zero-order valence-electron chi connectivity index (χ0n) is 19.6. The van der Waals surface area contributed by atoms with E-state index in [1.807, 2.05) is 16.4 Å². The fourth-order valence-corrected chi connectivity index (χ4v) is 7.21. The van der Waals surface area contributed by atoms with Gasteiger partial charge in [-0.2, -0.15) is 0 Å². The van der Waals surface area contributed by atoms with Crippen LogP contribution in [0.2, 0.25) is 0 Å². The van der Waals surface area contributed by atoms with E-state index >= 15 is 0 Å². The zero-order chi connectivity index (χ0) is 23.5. The van der Waals surface area contributed by atoms with Crippen molar-refractivity contribution in [2.75, 3.05) is 13.1 Å². The van der Waals surface area contributed by atoms with Crippen LogP contribution in [0, 0.1) is 5.92 Å². The summed E-state index contributed by atoms with van der Waals surface area (Å²) in [6.45, 7) is 5.80. The standard InChI is InChI=1S/C24H34N4O3S2/c1-3-4-5-6-12-28-23(31)19-17-8-7-9-18(17)33-21(19)26-24(28)32-15(2)22(30)27-13-10-16(11-14-27)20(25)29/h15-16H,3-14H2,1-2H3,(H2,25,29). The van der Waals surface area contributed by atoms with Crippen LogP contribution < -0.4 is 11.3 Å². The fourth-order valence-electron chi connectivity index (χ4n) is 4.89. The Morgan fingerprint density at radius 3 is 2.67 bits per heavy atom. The molecule has 0 radical (unpaired) electrons. The Hall–Kier alpha value is -1.87. The maximum absolute atomic E-state index is 13.6. The molecule has 9 heteroatoms. The number of carbonyl (C=O) groups excluding carboxylic acids is 2. The van der Waals surface area contributed by atoms with Crippen LogP contribution in [0.5, 0.6) is 0 Å².